The summed E-state index contributed by atoms with van der Waals surface area (Å²) in [5.74, 6) is 2.13. The Kier molecular flexibility index (Phi) is 4.73. The maximum absolute atomic E-state index is 11.9. The van der Waals surface area contributed by atoms with E-state index < -0.39 is 0 Å². The van der Waals surface area contributed by atoms with Gasteiger partial charge in [-0.3, -0.25) is 9.89 Å². The Bertz CT molecular complexity index is 658. The van der Waals surface area contributed by atoms with Crippen LogP contribution in [-0.2, 0) is 4.79 Å². The molecule has 0 saturated heterocycles. The van der Waals surface area contributed by atoms with Gasteiger partial charge >= 0.3 is 0 Å². The summed E-state index contributed by atoms with van der Waals surface area (Å²) in [4.78, 5) is 16.3. The summed E-state index contributed by atoms with van der Waals surface area (Å²) in [7, 11) is 0. The number of Topliss-reactive ketones (excluding diaryl/α,β-unsaturated/α-hetero) is 1. The van der Waals surface area contributed by atoms with E-state index in [4.69, 9.17) is 0 Å². The summed E-state index contributed by atoms with van der Waals surface area (Å²) in [6.07, 6.45) is 3.84. The van der Waals surface area contributed by atoms with Gasteiger partial charge in [-0.05, 0) is 25.2 Å². The number of nitrogens with one attached hydrogen (secondary N) is 1. The molecule has 0 spiro atoms. The number of hydrogen-bond acceptors (Lipinski definition) is 4. The SMILES string of the molecule is C=C1CC(CCC(=O)CSc2n[nH]c(-c3ccccc3)n2)C1. The first-order valence-corrected chi connectivity index (χ1v) is 8.48. The third kappa shape index (κ3) is 3.85. The number of carbonyl (C=O) groups excluding carboxylic acids is 1. The summed E-state index contributed by atoms with van der Waals surface area (Å²) >= 11 is 1.40. The fourth-order valence-electron chi connectivity index (χ4n) is 2.58. The number of benzene rings is 1. The third-order valence-corrected chi connectivity index (χ3v) is 4.77. The molecule has 0 amide bonds. The van der Waals surface area contributed by atoms with Gasteiger partial charge in [0.25, 0.3) is 0 Å². The quantitative estimate of drug-likeness (QED) is 0.622. The Hall–Kier alpha value is -1.88. The molecule has 1 aromatic heterocycles. The summed E-state index contributed by atoms with van der Waals surface area (Å²) in [5, 5.41) is 7.71. The summed E-state index contributed by atoms with van der Waals surface area (Å²) in [6.45, 7) is 3.93. The monoisotopic (exact) mass is 313 g/mol. The predicted octanol–water partition coefficient (Wildman–Crippen LogP) is 3.88. The van der Waals surface area contributed by atoms with Crippen molar-refractivity contribution in [3.63, 3.8) is 0 Å². The minimum atomic E-state index is 0.272. The molecular formula is C17H19N3OS. The molecule has 1 N–H and O–H groups in total. The van der Waals surface area contributed by atoms with E-state index in [1.165, 1.54) is 17.3 Å². The number of H-pyrrole nitrogens is 1. The molecule has 2 aromatic rings. The largest absolute Gasteiger partial charge is 0.299 e. The van der Waals surface area contributed by atoms with E-state index in [-0.39, 0.29) is 5.78 Å². The van der Waals surface area contributed by atoms with Crippen LogP contribution < -0.4 is 0 Å². The first-order valence-electron chi connectivity index (χ1n) is 7.49. The van der Waals surface area contributed by atoms with Crippen LogP contribution in [0.1, 0.15) is 25.7 Å². The molecule has 3 rings (SSSR count). The van der Waals surface area contributed by atoms with Crippen molar-refractivity contribution in [3.05, 3.63) is 42.5 Å². The second-order valence-corrected chi connectivity index (χ2v) is 6.67. The van der Waals surface area contributed by atoms with E-state index in [2.05, 4.69) is 21.8 Å². The van der Waals surface area contributed by atoms with Crippen molar-refractivity contribution in [1.29, 1.82) is 0 Å². The van der Waals surface area contributed by atoms with Gasteiger partial charge in [-0.25, -0.2) is 4.98 Å². The Labute approximate surface area is 134 Å². The Morgan fingerprint density at radius 3 is 2.82 bits per heavy atom. The number of ketones is 1. The normalized spacial score (nSPS) is 14.8. The molecule has 1 aromatic carbocycles. The Morgan fingerprint density at radius 1 is 1.32 bits per heavy atom. The number of allylic oxidation sites excluding steroid dienone is 1. The molecule has 1 saturated carbocycles. The molecule has 0 radical (unpaired) electrons. The van der Waals surface area contributed by atoms with E-state index in [1.54, 1.807) is 0 Å². The highest BCUT2D eigenvalue weighted by Crippen LogP contribution is 2.34. The lowest BCUT2D eigenvalue weighted by atomic mass is 9.78. The maximum atomic E-state index is 11.9. The molecule has 5 heteroatoms. The molecule has 1 fully saturated rings. The molecule has 114 valence electrons. The highest BCUT2D eigenvalue weighted by molar-refractivity contribution is 7.99. The highest BCUT2D eigenvalue weighted by Gasteiger charge is 2.21. The zero-order chi connectivity index (χ0) is 15.4. The Balaban J connectivity index is 1.44. The van der Waals surface area contributed by atoms with E-state index in [9.17, 15) is 4.79 Å². The predicted molar refractivity (Wildman–Crippen MR) is 88.6 cm³/mol. The van der Waals surface area contributed by atoms with Crippen LogP contribution in [0.4, 0.5) is 0 Å². The molecule has 0 atom stereocenters. The van der Waals surface area contributed by atoms with Crippen LogP contribution in [0.15, 0.2) is 47.6 Å². The summed E-state index contributed by atoms with van der Waals surface area (Å²) < 4.78 is 0. The average Bonchev–Trinajstić information content (AvgIpc) is 2.98. The zero-order valence-corrected chi connectivity index (χ0v) is 13.2. The van der Waals surface area contributed by atoms with Crippen molar-refractivity contribution in [1.82, 2.24) is 15.2 Å². The summed E-state index contributed by atoms with van der Waals surface area (Å²) in [6, 6.07) is 9.84. The van der Waals surface area contributed by atoms with Gasteiger partial charge in [0.05, 0.1) is 5.75 Å². The van der Waals surface area contributed by atoms with E-state index in [0.717, 1.165) is 30.7 Å². The number of nitrogens with zero attached hydrogens (tertiary/aromatic N) is 2. The van der Waals surface area contributed by atoms with E-state index in [1.807, 2.05) is 30.3 Å². The second-order valence-electron chi connectivity index (χ2n) is 5.72. The van der Waals surface area contributed by atoms with Gasteiger partial charge in [-0.1, -0.05) is 54.2 Å². The number of hydrogen-bond donors (Lipinski definition) is 1. The summed E-state index contributed by atoms with van der Waals surface area (Å²) in [5.41, 5.74) is 2.32. The minimum Gasteiger partial charge on any atom is -0.299 e. The van der Waals surface area contributed by atoms with Crippen LogP contribution in [0.25, 0.3) is 11.4 Å². The van der Waals surface area contributed by atoms with Crippen LogP contribution in [0.3, 0.4) is 0 Å². The fourth-order valence-corrected chi connectivity index (χ4v) is 3.28. The number of rotatable bonds is 7. The van der Waals surface area contributed by atoms with Gasteiger partial charge in [-0.2, -0.15) is 0 Å². The molecule has 0 bridgehead atoms. The van der Waals surface area contributed by atoms with Crippen LogP contribution in [-0.4, -0.2) is 26.7 Å². The fraction of sp³-hybridized carbons (Fsp3) is 0.353. The standard InChI is InChI=1S/C17H19N3OS/c1-12-9-13(10-12)7-8-15(21)11-22-17-18-16(19-20-17)14-5-3-2-4-6-14/h2-6,13H,1,7-11H2,(H,18,19,20). The first kappa shape index (κ1) is 15.0. The lowest BCUT2D eigenvalue weighted by molar-refractivity contribution is -0.116. The number of carbonyl (C=O) groups is 1. The van der Waals surface area contributed by atoms with Crippen LogP contribution in [0.2, 0.25) is 0 Å². The highest BCUT2D eigenvalue weighted by atomic mass is 32.2. The zero-order valence-electron chi connectivity index (χ0n) is 12.4. The first-order chi connectivity index (χ1) is 10.7. The molecular weight excluding hydrogens is 294 g/mol. The van der Waals surface area contributed by atoms with Gasteiger partial charge in [0.1, 0.15) is 5.78 Å². The van der Waals surface area contributed by atoms with Gasteiger partial charge in [0, 0.05) is 12.0 Å². The second kappa shape index (κ2) is 6.92. The molecule has 4 nitrogen and oxygen atoms in total. The average molecular weight is 313 g/mol. The van der Waals surface area contributed by atoms with Crippen LogP contribution in [0.5, 0.6) is 0 Å². The number of aromatic nitrogens is 3. The molecule has 22 heavy (non-hydrogen) atoms. The van der Waals surface area contributed by atoms with Gasteiger partial charge in [-0.15, -0.1) is 5.10 Å². The van der Waals surface area contributed by atoms with Crippen molar-refractivity contribution in [3.8, 4) is 11.4 Å². The topological polar surface area (TPSA) is 58.6 Å². The van der Waals surface area contributed by atoms with Gasteiger partial charge in [0.15, 0.2) is 5.82 Å². The van der Waals surface area contributed by atoms with Crippen molar-refractivity contribution in [2.24, 2.45) is 5.92 Å². The lowest BCUT2D eigenvalue weighted by Gasteiger charge is -2.27. The molecule has 1 heterocycles. The van der Waals surface area contributed by atoms with Crippen molar-refractivity contribution < 1.29 is 4.79 Å². The molecule has 1 aliphatic rings. The van der Waals surface area contributed by atoms with Crippen LogP contribution in [0, 0.1) is 5.92 Å². The Morgan fingerprint density at radius 2 is 2.09 bits per heavy atom. The smallest absolute Gasteiger partial charge is 0.209 e. The van der Waals surface area contributed by atoms with E-state index in [0.29, 0.717) is 23.2 Å². The molecule has 0 aliphatic heterocycles. The van der Waals surface area contributed by atoms with Gasteiger partial charge < -0.3 is 0 Å². The maximum Gasteiger partial charge on any atom is 0.209 e. The number of aromatic amines is 1. The van der Waals surface area contributed by atoms with Crippen molar-refractivity contribution in [2.75, 3.05) is 5.75 Å². The van der Waals surface area contributed by atoms with Gasteiger partial charge in [0.2, 0.25) is 5.16 Å². The lowest BCUT2D eigenvalue weighted by Crippen LogP contribution is -2.15. The van der Waals surface area contributed by atoms with E-state index >= 15 is 0 Å². The minimum absolute atomic E-state index is 0.272. The number of thioether (sulfide) groups is 1. The van der Waals surface area contributed by atoms with Crippen LogP contribution >= 0.6 is 11.8 Å². The molecule has 1 aliphatic carbocycles. The van der Waals surface area contributed by atoms with Crippen molar-refractivity contribution >= 4 is 17.5 Å². The molecule has 0 unspecified atom stereocenters. The third-order valence-electron chi connectivity index (χ3n) is 3.86. The van der Waals surface area contributed by atoms with Crippen molar-refractivity contribution in [2.45, 2.75) is 30.8 Å².